The zero-order chi connectivity index (χ0) is 12.8. The summed E-state index contributed by atoms with van der Waals surface area (Å²) in [6, 6.07) is 1.98. The van der Waals surface area contributed by atoms with Crippen molar-refractivity contribution in [3.05, 3.63) is 18.1 Å². The minimum atomic E-state index is -0.0767. The van der Waals surface area contributed by atoms with E-state index in [9.17, 15) is 0 Å². The highest BCUT2D eigenvalue weighted by molar-refractivity contribution is 5.47. The number of rotatable bonds is 2. The summed E-state index contributed by atoms with van der Waals surface area (Å²) in [5, 5.41) is 7.73. The predicted molar refractivity (Wildman–Crippen MR) is 67.6 cm³/mol. The van der Waals surface area contributed by atoms with Crippen LogP contribution in [0.5, 0.6) is 0 Å². The number of ether oxygens (including phenoxy) is 1. The Labute approximate surface area is 105 Å². The summed E-state index contributed by atoms with van der Waals surface area (Å²) >= 11 is 0. The second-order valence-corrected chi connectivity index (χ2v) is 5.06. The standard InChI is InChI=1S/C12H17N5O/c1-8-6-10(17-11(15-8)13-7-14-17)16-12(3)4-5-18-9(12)2/h6-7,9,16H,4-5H2,1-3H3. The molecule has 3 rings (SSSR count). The van der Waals surface area contributed by atoms with Crippen LogP contribution < -0.4 is 5.32 Å². The molecule has 1 aliphatic heterocycles. The van der Waals surface area contributed by atoms with Crippen molar-refractivity contribution in [2.45, 2.75) is 38.8 Å². The van der Waals surface area contributed by atoms with Gasteiger partial charge < -0.3 is 10.1 Å². The van der Waals surface area contributed by atoms with E-state index in [4.69, 9.17) is 4.74 Å². The summed E-state index contributed by atoms with van der Waals surface area (Å²) in [5.41, 5.74) is 0.848. The van der Waals surface area contributed by atoms with Crippen LogP contribution in [-0.2, 0) is 4.74 Å². The van der Waals surface area contributed by atoms with Gasteiger partial charge in [-0.2, -0.15) is 14.6 Å². The summed E-state index contributed by atoms with van der Waals surface area (Å²) in [6.07, 6.45) is 2.67. The Morgan fingerprint density at radius 2 is 2.39 bits per heavy atom. The average molecular weight is 247 g/mol. The Bertz CT molecular complexity index is 581. The van der Waals surface area contributed by atoms with Crippen molar-refractivity contribution in [2.75, 3.05) is 11.9 Å². The highest BCUT2D eigenvalue weighted by Gasteiger charge is 2.37. The van der Waals surface area contributed by atoms with E-state index >= 15 is 0 Å². The molecule has 0 amide bonds. The lowest BCUT2D eigenvalue weighted by molar-refractivity contribution is 0.105. The van der Waals surface area contributed by atoms with E-state index in [0.29, 0.717) is 5.78 Å². The molecule has 1 aliphatic rings. The van der Waals surface area contributed by atoms with Gasteiger partial charge in [0.1, 0.15) is 12.1 Å². The van der Waals surface area contributed by atoms with Gasteiger partial charge in [-0.05, 0) is 27.2 Å². The second kappa shape index (κ2) is 3.91. The summed E-state index contributed by atoms with van der Waals surface area (Å²) < 4.78 is 7.37. The molecule has 0 aliphatic carbocycles. The minimum Gasteiger partial charge on any atom is -0.376 e. The number of hydrogen-bond donors (Lipinski definition) is 1. The largest absolute Gasteiger partial charge is 0.376 e. The fourth-order valence-corrected chi connectivity index (χ4v) is 2.31. The third-order valence-corrected chi connectivity index (χ3v) is 3.68. The van der Waals surface area contributed by atoms with Crippen LogP contribution >= 0.6 is 0 Å². The van der Waals surface area contributed by atoms with Crippen LogP contribution in [0.2, 0.25) is 0 Å². The van der Waals surface area contributed by atoms with Gasteiger partial charge >= 0.3 is 0 Å². The molecule has 6 heteroatoms. The van der Waals surface area contributed by atoms with E-state index in [1.165, 1.54) is 6.33 Å². The molecule has 96 valence electrons. The summed E-state index contributed by atoms with van der Waals surface area (Å²) in [5.74, 6) is 1.53. The normalized spacial score (nSPS) is 27.8. The van der Waals surface area contributed by atoms with Gasteiger partial charge in [0.25, 0.3) is 5.78 Å². The van der Waals surface area contributed by atoms with Crippen molar-refractivity contribution < 1.29 is 4.74 Å². The predicted octanol–water partition coefficient (Wildman–Crippen LogP) is 1.41. The third kappa shape index (κ3) is 1.73. The monoisotopic (exact) mass is 247 g/mol. The lowest BCUT2D eigenvalue weighted by atomic mass is 9.95. The Hall–Kier alpha value is -1.69. The van der Waals surface area contributed by atoms with Crippen LogP contribution in [0, 0.1) is 6.92 Å². The fraction of sp³-hybridized carbons (Fsp3) is 0.583. The van der Waals surface area contributed by atoms with E-state index in [-0.39, 0.29) is 11.6 Å². The van der Waals surface area contributed by atoms with Crippen molar-refractivity contribution in [1.29, 1.82) is 0 Å². The van der Waals surface area contributed by atoms with Crippen molar-refractivity contribution in [3.8, 4) is 0 Å². The van der Waals surface area contributed by atoms with Gasteiger partial charge in [-0.15, -0.1) is 0 Å². The first-order valence-electron chi connectivity index (χ1n) is 6.16. The first kappa shape index (κ1) is 11.4. The molecule has 1 fully saturated rings. The maximum atomic E-state index is 5.64. The van der Waals surface area contributed by atoms with Crippen LogP contribution in [-0.4, -0.2) is 37.8 Å². The number of nitrogens with zero attached hydrogens (tertiary/aromatic N) is 4. The first-order chi connectivity index (χ1) is 8.58. The first-order valence-corrected chi connectivity index (χ1v) is 6.16. The maximum Gasteiger partial charge on any atom is 0.254 e. The maximum absolute atomic E-state index is 5.64. The Balaban J connectivity index is 2.01. The van der Waals surface area contributed by atoms with Gasteiger partial charge in [0.15, 0.2) is 0 Å². The topological polar surface area (TPSA) is 64.3 Å². The molecule has 2 aromatic rings. The Morgan fingerprint density at radius 1 is 1.56 bits per heavy atom. The number of aryl methyl sites for hydroxylation is 1. The zero-order valence-corrected chi connectivity index (χ0v) is 10.8. The summed E-state index contributed by atoms with van der Waals surface area (Å²) in [4.78, 5) is 8.46. The van der Waals surface area contributed by atoms with Crippen LogP contribution in [0.25, 0.3) is 5.78 Å². The molecule has 0 aromatic carbocycles. The van der Waals surface area contributed by atoms with Crippen molar-refractivity contribution in [3.63, 3.8) is 0 Å². The van der Waals surface area contributed by atoms with Gasteiger partial charge in [-0.1, -0.05) is 0 Å². The van der Waals surface area contributed by atoms with E-state index in [0.717, 1.165) is 24.5 Å². The number of nitrogens with one attached hydrogen (secondary N) is 1. The lowest BCUT2D eigenvalue weighted by Gasteiger charge is -2.30. The van der Waals surface area contributed by atoms with Gasteiger partial charge in [0.05, 0.1) is 11.6 Å². The van der Waals surface area contributed by atoms with Crippen molar-refractivity contribution in [2.24, 2.45) is 0 Å². The molecule has 2 atom stereocenters. The molecule has 3 heterocycles. The SMILES string of the molecule is Cc1cc(NC2(C)CCOC2C)n2ncnc2n1. The molecule has 6 nitrogen and oxygen atoms in total. The van der Waals surface area contributed by atoms with Crippen LogP contribution in [0.4, 0.5) is 5.82 Å². The van der Waals surface area contributed by atoms with Gasteiger partial charge in [0.2, 0.25) is 0 Å². The second-order valence-electron chi connectivity index (χ2n) is 5.06. The van der Waals surface area contributed by atoms with Crippen LogP contribution in [0.3, 0.4) is 0 Å². The van der Waals surface area contributed by atoms with E-state index in [1.807, 2.05) is 13.0 Å². The highest BCUT2D eigenvalue weighted by Crippen LogP contribution is 2.29. The smallest absolute Gasteiger partial charge is 0.254 e. The Kier molecular flexibility index (Phi) is 2.48. The van der Waals surface area contributed by atoms with E-state index < -0.39 is 0 Å². The molecular formula is C12H17N5O. The average Bonchev–Trinajstić information content (AvgIpc) is 2.87. The molecule has 0 bridgehead atoms. The molecule has 0 spiro atoms. The molecule has 1 saturated heterocycles. The molecule has 0 saturated carbocycles. The quantitative estimate of drug-likeness (QED) is 0.869. The van der Waals surface area contributed by atoms with Crippen LogP contribution in [0.1, 0.15) is 26.0 Å². The molecule has 2 unspecified atom stereocenters. The number of fused-ring (bicyclic) bond motifs is 1. The number of hydrogen-bond acceptors (Lipinski definition) is 5. The number of anilines is 1. The fourth-order valence-electron chi connectivity index (χ4n) is 2.31. The van der Waals surface area contributed by atoms with Crippen LogP contribution in [0.15, 0.2) is 12.4 Å². The van der Waals surface area contributed by atoms with E-state index in [1.54, 1.807) is 4.52 Å². The zero-order valence-electron chi connectivity index (χ0n) is 10.8. The van der Waals surface area contributed by atoms with Gasteiger partial charge in [0, 0.05) is 18.4 Å². The summed E-state index contributed by atoms with van der Waals surface area (Å²) in [7, 11) is 0. The summed E-state index contributed by atoms with van der Waals surface area (Å²) in [6.45, 7) is 7.00. The van der Waals surface area contributed by atoms with Gasteiger partial charge in [-0.25, -0.2) is 4.98 Å². The van der Waals surface area contributed by atoms with Crippen molar-refractivity contribution in [1.82, 2.24) is 19.6 Å². The van der Waals surface area contributed by atoms with Crippen molar-refractivity contribution >= 4 is 11.6 Å². The molecule has 18 heavy (non-hydrogen) atoms. The highest BCUT2D eigenvalue weighted by atomic mass is 16.5. The lowest BCUT2D eigenvalue weighted by Crippen LogP contribution is -2.41. The number of aromatic nitrogens is 4. The van der Waals surface area contributed by atoms with Gasteiger partial charge in [-0.3, -0.25) is 0 Å². The molecular weight excluding hydrogens is 230 g/mol. The molecule has 2 aromatic heterocycles. The van der Waals surface area contributed by atoms with E-state index in [2.05, 4.69) is 34.2 Å². The Morgan fingerprint density at radius 3 is 3.11 bits per heavy atom. The third-order valence-electron chi connectivity index (χ3n) is 3.68. The minimum absolute atomic E-state index is 0.0767. The molecule has 1 N–H and O–H groups in total. The molecule has 0 radical (unpaired) electrons.